The number of benzene rings is 1. The average Bonchev–Trinajstić information content (AvgIpc) is 2.40. The van der Waals surface area contributed by atoms with Crippen molar-refractivity contribution in [3.05, 3.63) is 35.4 Å². The predicted octanol–water partition coefficient (Wildman–Crippen LogP) is 2.99. The number of rotatable bonds is 4. The molecule has 1 heterocycles. The molecule has 18 heavy (non-hydrogen) atoms. The second-order valence-corrected chi connectivity index (χ2v) is 5.79. The molecular weight excluding hydrogens is 220 g/mol. The Morgan fingerprint density at radius 2 is 1.78 bits per heavy atom. The SMILES string of the molecule is CC(C)c1ccc(CN(C)C2CCNCC2)cc1. The Balaban J connectivity index is 1.91. The minimum atomic E-state index is 0.626. The highest BCUT2D eigenvalue weighted by atomic mass is 15.1. The van der Waals surface area contributed by atoms with Crippen LogP contribution in [0.2, 0.25) is 0 Å². The van der Waals surface area contributed by atoms with Crippen LogP contribution in [0, 0.1) is 0 Å². The molecule has 0 radical (unpaired) electrons. The van der Waals surface area contributed by atoms with Gasteiger partial charge in [0.1, 0.15) is 0 Å². The summed E-state index contributed by atoms with van der Waals surface area (Å²) in [5.74, 6) is 0.626. The molecule has 1 aliphatic rings. The van der Waals surface area contributed by atoms with Gasteiger partial charge in [0.15, 0.2) is 0 Å². The molecule has 0 aromatic heterocycles. The van der Waals surface area contributed by atoms with Crippen molar-refractivity contribution in [2.75, 3.05) is 20.1 Å². The van der Waals surface area contributed by atoms with Gasteiger partial charge in [0.2, 0.25) is 0 Å². The van der Waals surface area contributed by atoms with E-state index in [0.29, 0.717) is 5.92 Å². The van der Waals surface area contributed by atoms with Crippen LogP contribution in [0.4, 0.5) is 0 Å². The Labute approximate surface area is 111 Å². The highest BCUT2D eigenvalue weighted by Crippen LogP contribution is 2.17. The zero-order valence-corrected chi connectivity index (χ0v) is 11.9. The van der Waals surface area contributed by atoms with Gasteiger partial charge >= 0.3 is 0 Å². The third-order valence-corrected chi connectivity index (χ3v) is 4.01. The van der Waals surface area contributed by atoms with E-state index in [0.717, 1.165) is 12.6 Å². The maximum Gasteiger partial charge on any atom is 0.0233 e. The van der Waals surface area contributed by atoms with Gasteiger partial charge in [-0.05, 0) is 50.0 Å². The number of hydrogen-bond donors (Lipinski definition) is 1. The molecule has 0 saturated carbocycles. The van der Waals surface area contributed by atoms with E-state index in [1.807, 2.05) is 0 Å². The quantitative estimate of drug-likeness (QED) is 0.878. The fourth-order valence-electron chi connectivity index (χ4n) is 2.67. The Hall–Kier alpha value is -0.860. The first kappa shape index (κ1) is 13.6. The van der Waals surface area contributed by atoms with Crippen molar-refractivity contribution < 1.29 is 0 Å². The molecule has 2 rings (SSSR count). The van der Waals surface area contributed by atoms with Crippen LogP contribution in [-0.4, -0.2) is 31.1 Å². The molecular formula is C16H26N2. The van der Waals surface area contributed by atoms with E-state index in [1.54, 1.807) is 0 Å². The Morgan fingerprint density at radius 1 is 1.17 bits per heavy atom. The van der Waals surface area contributed by atoms with E-state index in [9.17, 15) is 0 Å². The molecule has 1 aliphatic heterocycles. The summed E-state index contributed by atoms with van der Waals surface area (Å²) < 4.78 is 0. The molecule has 1 fully saturated rings. The standard InChI is InChI=1S/C16H26N2/c1-13(2)15-6-4-14(5-7-15)12-18(3)16-8-10-17-11-9-16/h4-7,13,16-17H,8-12H2,1-3H3. The molecule has 0 bridgehead atoms. The summed E-state index contributed by atoms with van der Waals surface area (Å²) in [6, 6.07) is 9.86. The van der Waals surface area contributed by atoms with Crippen molar-refractivity contribution in [3.63, 3.8) is 0 Å². The molecule has 0 unspecified atom stereocenters. The van der Waals surface area contributed by atoms with Crippen LogP contribution in [0.15, 0.2) is 24.3 Å². The molecule has 1 N–H and O–H groups in total. The molecule has 2 heteroatoms. The Bertz CT molecular complexity index is 350. The van der Waals surface area contributed by atoms with Crippen molar-refractivity contribution in [1.82, 2.24) is 10.2 Å². The maximum absolute atomic E-state index is 3.43. The topological polar surface area (TPSA) is 15.3 Å². The largest absolute Gasteiger partial charge is 0.317 e. The maximum atomic E-state index is 3.43. The van der Waals surface area contributed by atoms with Crippen LogP contribution in [0.25, 0.3) is 0 Å². The highest BCUT2D eigenvalue weighted by molar-refractivity contribution is 5.24. The van der Waals surface area contributed by atoms with Gasteiger partial charge in [-0.3, -0.25) is 4.90 Å². The minimum absolute atomic E-state index is 0.626. The van der Waals surface area contributed by atoms with E-state index in [2.05, 4.69) is 55.4 Å². The molecule has 100 valence electrons. The fraction of sp³-hybridized carbons (Fsp3) is 0.625. The zero-order valence-electron chi connectivity index (χ0n) is 11.9. The van der Waals surface area contributed by atoms with Gasteiger partial charge in [-0.2, -0.15) is 0 Å². The first-order chi connectivity index (χ1) is 8.66. The van der Waals surface area contributed by atoms with Crippen LogP contribution in [0.3, 0.4) is 0 Å². The lowest BCUT2D eigenvalue weighted by Crippen LogP contribution is -2.40. The van der Waals surface area contributed by atoms with Crippen LogP contribution in [-0.2, 0) is 6.54 Å². The van der Waals surface area contributed by atoms with Gasteiger partial charge in [-0.25, -0.2) is 0 Å². The van der Waals surface area contributed by atoms with Crippen molar-refractivity contribution >= 4 is 0 Å². The minimum Gasteiger partial charge on any atom is -0.317 e. The summed E-state index contributed by atoms with van der Waals surface area (Å²) in [4.78, 5) is 2.51. The van der Waals surface area contributed by atoms with Gasteiger partial charge in [-0.15, -0.1) is 0 Å². The van der Waals surface area contributed by atoms with Gasteiger partial charge in [0, 0.05) is 12.6 Å². The fourth-order valence-corrected chi connectivity index (χ4v) is 2.67. The molecule has 0 aliphatic carbocycles. The molecule has 0 atom stereocenters. The third kappa shape index (κ3) is 3.56. The van der Waals surface area contributed by atoms with Crippen molar-refractivity contribution in [3.8, 4) is 0 Å². The zero-order chi connectivity index (χ0) is 13.0. The second-order valence-electron chi connectivity index (χ2n) is 5.79. The molecule has 1 aromatic rings. The van der Waals surface area contributed by atoms with Crippen molar-refractivity contribution in [1.29, 1.82) is 0 Å². The molecule has 1 aromatic carbocycles. The Kier molecular flexibility index (Phi) is 4.79. The first-order valence-corrected chi connectivity index (χ1v) is 7.16. The molecule has 1 saturated heterocycles. The van der Waals surface area contributed by atoms with E-state index < -0.39 is 0 Å². The molecule has 2 nitrogen and oxygen atoms in total. The summed E-state index contributed by atoms with van der Waals surface area (Å²) >= 11 is 0. The number of hydrogen-bond acceptors (Lipinski definition) is 2. The van der Waals surface area contributed by atoms with Crippen molar-refractivity contribution in [2.45, 2.75) is 45.2 Å². The second kappa shape index (κ2) is 6.35. The van der Waals surface area contributed by atoms with Crippen molar-refractivity contribution in [2.24, 2.45) is 0 Å². The number of nitrogens with one attached hydrogen (secondary N) is 1. The number of piperidine rings is 1. The molecule has 0 amide bonds. The lowest BCUT2D eigenvalue weighted by molar-refractivity contribution is 0.192. The average molecular weight is 246 g/mol. The van der Waals surface area contributed by atoms with Crippen LogP contribution in [0.5, 0.6) is 0 Å². The van der Waals surface area contributed by atoms with E-state index in [4.69, 9.17) is 0 Å². The monoisotopic (exact) mass is 246 g/mol. The highest BCUT2D eigenvalue weighted by Gasteiger charge is 2.17. The van der Waals surface area contributed by atoms with E-state index in [-0.39, 0.29) is 0 Å². The molecule has 0 spiro atoms. The Morgan fingerprint density at radius 3 is 2.33 bits per heavy atom. The number of nitrogens with zero attached hydrogens (tertiary/aromatic N) is 1. The smallest absolute Gasteiger partial charge is 0.0233 e. The summed E-state index contributed by atoms with van der Waals surface area (Å²) in [6.45, 7) is 7.90. The van der Waals surface area contributed by atoms with Crippen LogP contribution in [0.1, 0.15) is 43.7 Å². The van der Waals surface area contributed by atoms with Gasteiger partial charge < -0.3 is 5.32 Å². The summed E-state index contributed by atoms with van der Waals surface area (Å²) in [5, 5.41) is 3.43. The van der Waals surface area contributed by atoms with Gasteiger partial charge in [0.05, 0.1) is 0 Å². The first-order valence-electron chi connectivity index (χ1n) is 7.16. The lowest BCUT2D eigenvalue weighted by Gasteiger charge is -2.31. The van der Waals surface area contributed by atoms with Gasteiger partial charge in [-0.1, -0.05) is 38.1 Å². The van der Waals surface area contributed by atoms with Crippen LogP contribution >= 0.6 is 0 Å². The lowest BCUT2D eigenvalue weighted by atomic mass is 10.0. The summed E-state index contributed by atoms with van der Waals surface area (Å²) in [5.41, 5.74) is 2.86. The van der Waals surface area contributed by atoms with E-state index >= 15 is 0 Å². The normalized spacial score (nSPS) is 17.6. The predicted molar refractivity (Wildman–Crippen MR) is 77.9 cm³/mol. The third-order valence-electron chi connectivity index (χ3n) is 4.01. The van der Waals surface area contributed by atoms with Crippen LogP contribution < -0.4 is 5.32 Å². The van der Waals surface area contributed by atoms with Gasteiger partial charge in [0.25, 0.3) is 0 Å². The van der Waals surface area contributed by atoms with E-state index in [1.165, 1.54) is 37.1 Å². The summed E-state index contributed by atoms with van der Waals surface area (Å²) in [7, 11) is 2.26. The summed E-state index contributed by atoms with van der Waals surface area (Å²) in [6.07, 6.45) is 2.56.